The highest BCUT2D eigenvalue weighted by atomic mass is 32.2. The number of anilines is 1. The summed E-state index contributed by atoms with van der Waals surface area (Å²) in [4.78, 5) is 23.5. The Kier molecular flexibility index (Phi) is 7.86. The van der Waals surface area contributed by atoms with Crippen molar-refractivity contribution in [2.45, 2.75) is 0 Å². The minimum atomic E-state index is -2.80. The fraction of sp³-hybridized carbons (Fsp3) is 0.158. The van der Waals surface area contributed by atoms with Gasteiger partial charge < -0.3 is 18.9 Å². The van der Waals surface area contributed by atoms with Gasteiger partial charge in [-0.3, -0.25) is 5.32 Å². The predicted octanol–water partition coefficient (Wildman–Crippen LogP) is 2.99. The van der Waals surface area contributed by atoms with Crippen molar-refractivity contribution in [2.75, 3.05) is 25.6 Å². The quantitative estimate of drug-likeness (QED) is 0.473. The van der Waals surface area contributed by atoms with E-state index in [1.165, 1.54) is 13.3 Å². The summed E-state index contributed by atoms with van der Waals surface area (Å²) >= 11 is 0. The minimum absolute atomic E-state index is 0.108. The number of nitrogens with one attached hydrogen (secondary N) is 1. The number of aromatic nitrogens is 3. The van der Waals surface area contributed by atoms with Gasteiger partial charge in [-0.25, -0.2) is 14.8 Å². The fourth-order valence-corrected chi connectivity index (χ4v) is 2.61. The fourth-order valence-electron chi connectivity index (χ4n) is 2.34. The van der Waals surface area contributed by atoms with Crippen molar-refractivity contribution in [3.63, 3.8) is 0 Å². The Balaban J connectivity index is 1.70. The number of hydrogen-bond acceptors (Lipinski definition) is 11. The average Bonchev–Trinajstić information content (AvgIpc) is 2.79. The molecule has 0 bridgehead atoms. The number of carbonyl (C=O) groups excluding carboxylic acids is 1. The van der Waals surface area contributed by atoms with Crippen LogP contribution in [0.15, 0.2) is 59.4 Å². The smallest absolute Gasteiger partial charge is 0.412 e. The highest BCUT2D eigenvalue weighted by Crippen LogP contribution is 2.40. The molecule has 0 aliphatic heterocycles. The second kappa shape index (κ2) is 11.2. The molecule has 13 heteroatoms. The maximum absolute atomic E-state index is 11.8. The van der Waals surface area contributed by atoms with E-state index in [0.717, 1.165) is 6.33 Å². The van der Waals surface area contributed by atoms with E-state index in [9.17, 15) is 13.2 Å². The standard InChI is InChI=1S/C19H17N5O7S/c1-28-13-6-2-3-7-14(13)31-16-17(24-32(26)27)21-12-22-18(16)29-10-11-30-19(25)23-15-8-4-5-9-20-15/h2-9,12H,10-11H2,1H3,(H,20,23,25). The lowest BCUT2D eigenvalue weighted by molar-refractivity contribution is 0.135. The first-order valence-electron chi connectivity index (χ1n) is 9.01. The molecule has 2 aromatic heterocycles. The number of para-hydroxylation sites is 2. The summed E-state index contributed by atoms with van der Waals surface area (Å²) in [5.74, 6) is 0.435. The zero-order valence-electron chi connectivity index (χ0n) is 16.7. The number of rotatable bonds is 9. The number of hydrogen-bond donors (Lipinski definition) is 1. The molecule has 1 amide bonds. The molecule has 0 aliphatic rings. The van der Waals surface area contributed by atoms with Gasteiger partial charge in [-0.05, 0) is 24.3 Å². The Morgan fingerprint density at radius 1 is 1.03 bits per heavy atom. The third kappa shape index (κ3) is 6.37. The van der Waals surface area contributed by atoms with Crippen LogP contribution in [0.1, 0.15) is 0 Å². The van der Waals surface area contributed by atoms with Crippen molar-refractivity contribution >= 4 is 28.2 Å². The van der Waals surface area contributed by atoms with Crippen LogP contribution in [0.5, 0.6) is 23.1 Å². The molecule has 0 saturated heterocycles. The van der Waals surface area contributed by atoms with Gasteiger partial charge in [-0.15, -0.1) is 4.36 Å². The summed E-state index contributed by atoms with van der Waals surface area (Å²) in [5, 5.41) is 2.45. The van der Waals surface area contributed by atoms with Crippen molar-refractivity contribution in [3.05, 3.63) is 55.0 Å². The summed E-state index contributed by atoms with van der Waals surface area (Å²) in [7, 11) is -1.35. The summed E-state index contributed by atoms with van der Waals surface area (Å²) < 4.78 is 47.0. The van der Waals surface area contributed by atoms with Gasteiger partial charge in [0.15, 0.2) is 11.5 Å². The molecular weight excluding hydrogens is 442 g/mol. The monoisotopic (exact) mass is 459 g/mol. The number of ether oxygens (including phenoxy) is 4. The van der Waals surface area contributed by atoms with E-state index in [1.54, 1.807) is 42.5 Å². The molecule has 0 atom stereocenters. The molecule has 0 fully saturated rings. The molecule has 1 N–H and O–H groups in total. The van der Waals surface area contributed by atoms with E-state index in [1.807, 2.05) is 0 Å². The first kappa shape index (κ1) is 22.4. The number of carbonyl (C=O) groups is 1. The number of nitrogens with zero attached hydrogens (tertiary/aromatic N) is 4. The van der Waals surface area contributed by atoms with Crippen LogP contribution in [0.2, 0.25) is 0 Å². The Morgan fingerprint density at radius 2 is 1.81 bits per heavy atom. The van der Waals surface area contributed by atoms with E-state index < -0.39 is 16.6 Å². The Bertz CT molecular complexity index is 1200. The van der Waals surface area contributed by atoms with Crippen LogP contribution in [-0.4, -0.2) is 49.8 Å². The third-order valence-corrected chi connectivity index (χ3v) is 3.97. The highest BCUT2D eigenvalue weighted by molar-refractivity contribution is 7.61. The van der Waals surface area contributed by atoms with Gasteiger partial charge in [0.05, 0.1) is 7.11 Å². The molecule has 0 radical (unpaired) electrons. The van der Waals surface area contributed by atoms with Crippen molar-refractivity contribution in [3.8, 4) is 23.1 Å². The second-order valence-electron chi connectivity index (χ2n) is 5.72. The molecule has 32 heavy (non-hydrogen) atoms. The van der Waals surface area contributed by atoms with E-state index in [4.69, 9.17) is 18.9 Å². The van der Waals surface area contributed by atoms with Gasteiger partial charge in [0, 0.05) is 6.20 Å². The van der Waals surface area contributed by atoms with E-state index in [2.05, 4.69) is 24.6 Å². The molecule has 3 aromatic rings. The summed E-state index contributed by atoms with van der Waals surface area (Å²) in [5.41, 5.74) is 0. The van der Waals surface area contributed by atoms with Crippen LogP contribution >= 0.6 is 0 Å². The van der Waals surface area contributed by atoms with Crippen LogP contribution in [-0.2, 0) is 15.2 Å². The summed E-state index contributed by atoms with van der Waals surface area (Å²) in [6.07, 6.45) is 1.86. The number of benzene rings is 1. The van der Waals surface area contributed by atoms with E-state index in [0.29, 0.717) is 11.6 Å². The SMILES string of the molecule is COc1ccccc1Oc1c(N=S(=O)=O)ncnc1OCCOC(=O)Nc1ccccn1. The molecule has 0 unspecified atom stereocenters. The van der Waals surface area contributed by atoms with E-state index in [-0.39, 0.29) is 36.4 Å². The zero-order valence-corrected chi connectivity index (χ0v) is 17.5. The molecule has 0 saturated carbocycles. The second-order valence-corrected chi connectivity index (χ2v) is 6.33. The molecule has 1 aromatic carbocycles. The minimum Gasteiger partial charge on any atom is -0.493 e. The van der Waals surface area contributed by atoms with Crippen LogP contribution in [0.3, 0.4) is 0 Å². The lowest BCUT2D eigenvalue weighted by atomic mass is 10.3. The van der Waals surface area contributed by atoms with Gasteiger partial charge >= 0.3 is 16.6 Å². The van der Waals surface area contributed by atoms with Crippen LogP contribution in [0.4, 0.5) is 16.4 Å². The zero-order chi connectivity index (χ0) is 22.8. The van der Waals surface area contributed by atoms with Crippen LogP contribution in [0, 0.1) is 0 Å². The average molecular weight is 459 g/mol. The van der Waals surface area contributed by atoms with Crippen LogP contribution < -0.4 is 19.5 Å². The molecule has 166 valence electrons. The van der Waals surface area contributed by atoms with Gasteiger partial charge in [-0.2, -0.15) is 13.4 Å². The molecular formula is C19H17N5O7S. The van der Waals surface area contributed by atoms with Crippen molar-refractivity contribution in [1.29, 1.82) is 0 Å². The number of methoxy groups -OCH3 is 1. The summed E-state index contributed by atoms with van der Waals surface area (Å²) in [6, 6.07) is 11.7. The maximum atomic E-state index is 11.8. The molecule has 3 rings (SSSR count). The first-order chi connectivity index (χ1) is 15.6. The molecule has 0 spiro atoms. The lowest BCUT2D eigenvalue weighted by Gasteiger charge is -2.14. The third-order valence-electron chi connectivity index (χ3n) is 3.64. The molecule has 2 heterocycles. The highest BCUT2D eigenvalue weighted by Gasteiger charge is 2.18. The van der Waals surface area contributed by atoms with Gasteiger partial charge in [0.1, 0.15) is 25.4 Å². The van der Waals surface area contributed by atoms with Crippen molar-refractivity contribution < 1.29 is 32.2 Å². The topological polar surface area (TPSA) is 151 Å². The normalized spacial score (nSPS) is 10.0. The van der Waals surface area contributed by atoms with Crippen molar-refractivity contribution in [1.82, 2.24) is 15.0 Å². The lowest BCUT2D eigenvalue weighted by Crippen LogP contribution is -2.18. The van der Waals surface area contributed by atoms with Gasteiger partial charge in [0.25, 0.3) is 5.88 Å². The number of amides is 1. The maximum Gasteiger partial charge on any atom is 0.412 e. The summed E-state index contributed by atoms with van der Waals surface area (Å²) in [6.45, 7) is -0.258. The molecule has 12 nitrogen and oxygen atoms in total. The Labute approximate surface area is 183 Å². The molecule has 0 aliphatic carbocycles. The first-order valence-corrected chi connectivity index (χ1v) is 10.0. The Morgan fingerprint density at radius 3 is 2.53 bits per heavy atom. The van der Waals surface area contributed by atoms with Gasteiger partial charge in [0.2, 0.25) is 11.6 Å². The Hall–Kier alpha value is -4.26. The van der Waals surface area contributed by atoms with Crippen molar-refractivity contribution in [2.24, 2.45) is 4.36 Å². The van der Waals surface area contributed by atoms with E-state index >= 15 is 0 Å². The largest absolute Gasteiger partial charge is 0.493 e. The van der Waals surface area contributed by atoms with Gasteiger partial charge in [-0.1, -0.05) is 18.2 Å². The predicted molar refractivity (Wildman–Crippen MR) is 111 cm³/mol. The number of pyridine rings is 1. The van der Waals surface area contributed by atoms with Crippen LogP contribution in [0.25, 0.3) is 0 Å².